The van der Waals surface area contributed by atoms with Crippen LogP contribution in [0.15, 0.2) is 40.8 Å². The minimum absolute atomic E-state index is 0.369. The second kappa shape index (κ2) is 6.65. The molecule has 0 aromatic heterocycles. The van der Waals surface area contributed by atoms with Crippen LogP contribution < -0.4 is 0 Å². The van der Waals surface area contributed by atoms with Crippen LogP contribution in [0.25, 0.3) is 0 Å². The van der Waals surface area contributed by atoms with Crippen LogP contribution in [0.5, 0.6) is 0 Å². The summed E-state index contributed by atoms with van der Waals surface area (Å²) in [5, 5.41) is 1.20. The van der Waals surface area contributed by atoms with Gasteiger partial charge < -0.3 is 0 Å². The van der Waals surface area contributed by atoms with Crippen molar-refractivity contribution in [3.05, 3.63) is 62.6 Å². The number of nitrogens with zero attached hydrogens (tertiary/aromatic N) is 1. The highest BCUT2D eigenvalue weighted by atomic mass is 35.5. The zero-order chi connectivity index (χ0) is 14.8. The Morgan fingerprint density at radius 1 is 0.905 bits per heavy atom. The van der Waals surface area contributed by atoms with E-state index in [0.29, 0.717) is 34.0 Å². The lowest BCUT2D eigenvalue weighted by molar-refractivity contribution is 0.279. The molecule has 0 spiro atoms. The van der Waals surface area contributed by atoms with Crippen molar-refractivity contribution in [3.63, 3.8) is 0 Å². The third kappa shape index (κ3) is 3.59. The summed E-state index contributed by atoms with van der Waals surface area (Å²) in [4.78, 5) is 0. The maximum atomic E-state index is 6.11. The molecule has 0 unspecified atom stereocenters. The highest BCUT2D eigenvalue weighted by Gasteiger charge is 2.14. The predicted molar refractivity (Wildman–Crippen MR) is 86.9 cm³/mol. The van der Waals surface area contributed by atoms with Crippen molar-refractivity contribution in [2.24, 2.45) is 4.36 Å². The lowest BCUT2D eigenvalue weighted by atomic mass is 10.1. The Balaban J connectivity index is 1.89. The number of hydrogen-bond donors (Lipinski definition) is 0. The Morgan fingerprint density at radius 3 is 1.95 bits per heavy atom. The number of fused-ring (bicyclic) bond motifs is 1. The molecule has 0 atom stereocenters. The van der Waals surface area contributed by atoms with Gasteiger partial charge in [-0.05, 0) is 23.3 Å². The molecule has 3 rings (SSSR count). The van der Waals surface area contributed by atoms with Gasteiger partial charge in [-0.2, -0.15) is 4.36 Å². The molecule has 0 fully saturated rings. The van der Waals surface area contributed by atoms with E-state index >= 15 is 0 Å². The molecule has 110 valence electrons. The zero-order valence-corrected chi connectivity index (χ0v) is 13.8. The van der Waals surface area contributed by atoms with Crippen LogP contribution in [-0.2, 0) is 32.8 Å². The lowest BCUT2D eigenvalue weighted by Crippen LogP contribution is -1.96. The summed E-state index contributed by atoms with van der Waals surface area (Å²) in [5.74, 6) is 0. The summed E-state index contributed by atoms with van der Waals surface area (Å²) >= 11 is 17.1. The molecule has 1 heterocycles. The van der Waals surface area contributed by atoms with E-state index in [-0.39, 0.29) is 0 Å². The van der Waals surface area contributed by atoms with Gasteiger partial charge in [-0.3, -0.25) is 8.37 Å². The van der Waals surface area contributed by atoms with Crippen LogP contribution >= 0.6 is 34.8 Å². The van der Waals surface area contributed by atoms with Crippen molar-refractivity contribution in [2.75, 3.05) is 0 Å². The number of rotatable bonds is 1. The fourth-order valence-electron chi connectivity index (χ4n) is 1.85. The van der Waals surface area contributed by atoms with Gasteiger partial charge in [0.15, 0.2) is 11.3 Å². The molecule has 0 radical (unpaired) electrons. The van der Waals surface area contributed by atoms with Crippen molar-refractivity contribution in [1.82, 2.24) is 0 Å². The fraction of sp³-hybridized carbons (Fsp3) is 0.143. The monoisotopic (exact) mass is 361 g/mol. The summed E-state index contributed by atoms with van der Waals surface area (Å²) in [5.41, 5.74) is 2.61. The standard InChI is InChI=1S/C14H10Cl3NO2S/c15-11-5-12(16)14(13(17)6-11)18-21-19-7-9-3-1-2-4-10(9)8-20-21/h1-6H,7-8H2. The molecule has 0 saturated heterocycles. The molecular weight excluding hydrogens is 353 g/mol. The SMILES string of the molecule is Clc1cc(Cl)c(N=S2OCc3ccccc3CO2)c(Cl)c1. The molecule has 2 aromatic rings. The molecule has 0 N–H and O–H groups in total. The van der Waals surface area contributed by atoms with Gasteiger partial charge in [-0.15, -0.1) is 0 Å². The topological polar surface area (TPSA) is 30.8 Å². The summed E-state index contributed by atoms with van der Waals surface area (Å²) in [6, 6.07) is 11.1. The van der Waals surface area contributed by atoms with Gasteiger partial charge in [-0.1, -0.05) is 59.1 Å². The van der Waals surface area contributed by atoms with Crippen LogP contribution in [0.4, 0.5) is 5.69 Å². The second-order valence-corrected chi connectivity index (χ2v) is 6.66. The van der Waals surface area contributed by atoms with Crippen LogP contribution in [0.1, 0.15) is 11.1 Å². The minimum atomic E-state index is -1.05. The van der Waals surface area contributed by atoms with Crippen molar-refractivity contribution in [3.8, 4) is 0 Å². The smallest absolute Gasteiger partial charge is 0.182 e. The Bertz CT molecular complexity index is 669. The molecule has 3 nitrogen and oxygen atoms in total. The molecule has 21 heavy (non-hydrogen) atoms. The maximum Gasteiger partial charge on any atom is 0.182 e. The second-order valence-electron chi connectivity index (χ2n) is 4.32. The molecule has 2 aromatic carbocycles. The molecule has 7 heteroatoms. The number of hydrogen-bond acceptors (Lipinski definition) is 3. The molecular formula is C14H10Cl3NO2S. The van der Waals surface area contributed by atoms with Crippen LogP contribution in [0, 0.1) is 0 Å². The van der Waals surface area contributed by atoms with E-state index < -0.39 is 11.3 Å². The van der Waals surface area contributed by atoms with Gasteiger partial charge in [0.05, 0.1) is 23.3 Å². The van der Waals surface area contributed by atoms with Gasteiger partial charge in [-0.25, -0.2) is 0 Å². The highest BCUT2D eigenvalue weighted by molar-refractivity contribution is 7.77. The number of halogens is 3. The predicted octanol–water partition coefficient (Wildman–Crippen LogP) is 5.66. The molecule has 0 aliphatic carbocycles. The average Bonchev–Trinajstić information content (AvgIpc) is 2.65. The Labute approximate surface area is 140 Å². The van der Waals surface area contributed by atoms with Gasteiger partial charge in [0.2, 0.25) is 0 Å². The first-order valence-corrected chi connectivity index (χ1v) is 8.24. The fourth-order valence-corrected chi connectivity index (χ4v) is 3.83. The van der Waals surface area contributed by atoms with Crippen molar-refractivity contribution >= 4 is 51.7 Å². The summed E-state index contributed by atoms with van der Waals surface area (Å²) in [7, 11) is 0. The van der Waals surface area contributed by atoms with Gasteiger partial charge in [0, 0.05) is 5.02 Å². The maximum absolute atomic E-state index is 6.11. The van der Waals surface area contributed by atoms with Gasteiger partial charge >= 0.3 is 0 Å². The van der Waals surface area contributed by atoms with Crippen molar-refractivity contribution in [2.45, 2.75) is 13.2 Å². The summed E-state index contributed by atoms with van der Waals surface area (Å²) in [6.45, 7) is 0.872. The molecule has 1 aliphatic heterocycles. The average molecular weight is 363 g/mol. The first-order chi connectivity index (χ1) is 10.1. The van der Waals surface area contributed by atoms with Crippen LogP contribution in [0.3, 0.4) is 0 Å². The van der Waals surface area contributed by atoms with Crippen molar-refractivity contribution in [1.29, 1.82) is 0 Å². The van der Waals surface area contributed by atoms with E-state index in [9.17, 15) is 0 Å². The normalized spacial score (nSPS) is 15.4. The molecule has 0 saturated carbocycles. The Kier molecular flexibility index (Phi) is 4.84. The zero-order valence-electron chi connectivity index (χ0n) is 10.7. The van der Waals surface area contributed by atoms with Gasteiger partial charge in [0.1, 0.15) is 5.69 Å². The quantitative estimate of drug-likeness (QED) is 0.655. The first-order valence-electron chi connectivity index (χ1n) is 6.07. The first kappa shape index (κ1) is 15.3. The molecule has 0 amide bonds. The van der Waals surface area contributed by atoms with E-state index in [1.54, 1.807) is 12.1 Å². The van der Waals surface area contributed by atoms with E-state index in [1.807, 2.05) is 24.3 Å². The highest BCUT2D eigenvalue weighted by Crippen LogP contribution is 2.37. The summed E-state index contributed by atoms with van der Waals surface area (Å²) in [6.07, 6.45) is 0. The van der Waals surface area contributed by atoms with E-state index in [4.69, 9.17) is 43.2 Å². The van der Waals surface area contributed by atoms with Gasteiger partial charge in [0.25, 0.3) is 0 Å². The van der Waals surface area contributed by atoms with Crippen LogP contribution in [-0.4, -0.2) is 0 Å². The third-order valence-electron chi connectivity index (χ3n) is 2.90. The molecule has 0 bridgehead atoms. The van der Waals surface area contributed by atoms with E-state index in [2.05, 4.69) is 4.36 Å². The minimum Gasteiger partial charge on any atom is -0.280 e. The van der Waals surface area contributed by atoms with E-state index in [1.165, 1.54) is 0 Å². The summed E-state index contributed by atoms with van der Waals surface area (Å²) < 4.78 is 15.7. The van der Waals surface area contributed by atoms with Crippen LogP contribution in [0.2, 0.25) is 15.1 Å². The number of benzene rings is 2. The Morgan fingerprint density at radius 2 is 1.43 bits per heavy atom. The Hall–Kier alpha value is -0.620. The molecule has 1 aliphatic rings. The van der Waals surface area contributed by atoms with E-state index in [0.717, 1.165) is 11.1 Å². The lowest BCUT2D eigenvalue weighted by Gasteiger charge is -2.06. The van der Waals surface area contributed by atoms with Crippen molar-refractivity contribution < 1.29 is 8.37 Å². The third-order valence-corrected chi connectivity index (χ3v) is 4.66. The largest absolute Gasteiger partial charge is 0.280 e.